The van der Waals surface area contributed by atoms with Crippen LogP contribution in [0, 0.1) is 0 Å². The molecule has 1 unspecified atom stereocenters. The summed E-state index contributed by atoms with van der Waals surface area (Å²) in [6.45, 7) is 0.273. The number of hydrogen-bond donors (Lipinski definition) is 1. The minimum absolute atomic E-state index is 0.218. The zero-order valence-corrected chi connectivity index (χ0v) is 17.4. The van der Waals surface area contributed by atoms with Crippen LogP contribution in [0.2, 0.25) is 0 Å². The lowest BCUT2D eigenvalue weighted by molar-refractivity contribution is -0.136. The van der Waals surface area contributed by atoms with E-state index in [9.17, 15) is 14.4 Å². The van der Waals surface area contributed by atoms with E-state index in [-0.39, 0.29) is 24.8 Å². The lowest BCUT2D eigenvalue weighted by atomic mass is 10.0. The Morgan fingerprint density at radius 3 is 2.82 bits per heavy atom. The summed E-state index contributed by atoms with van der Waals surface area (Å²) in [5.41, 5.74) is 3.69. The Bertz CT molecular complexity index is 1460. The Kier molecular flexibility index (Phi) is 4.29. The molecule has 6 rings (SSSR count). The van der Waals surface area contributed by atoms with Crippen LogP contribution in [0.4, 0.5) is 0 Å². The minimum Gasteiger partial charge on any atom is -0.322 e. The van der Waals surface area contributed by atoms with Gasteiger partial charge in [0.2, 0.25) is 11.8 Å². The van der Waals surface area contributed by atoms with Gasteiger partial charge in [0, 0.05) is 47.4 Å². The Morgan fingerprint density at radius 1 is 1.03 bits per heavy atom. The number of pyridine rings is 1. The van der Waals surface area contributed by atoms with E-state index in [0.29, 0.717) is 17.7 Å². The molecule has 0 bridgehead atoms. The number of carbonyl (C=O) groups excluding carboxylic acids is 3. The number of aromatic nitrogens is 4. The van der Waals surface area contributed by atoms with Crippen molar-refractivity contribution in [1.29, 1.82) is 0 Å². The molecule has 4 heterocycles. The van der Waals surface area contributed by atoms with Crippen molar-refractivity contribution in [3.63, 3.8) is 0 Å². The van der Waals surface area contributed by atoms with Crippen LogP contribution in [0.15, 0.2) is 61.1 Å². The van der Waals surface area contributed by atoms with Crippen molar-refractivity contribution < 1.29 is 14.4 Å². The lowest BCUT2D eigenvalue weighted by Crippen LogP contribution is -2.52. The fourth-order valence-electron chi connectivity index (χ4n) is 4.54. The third-order valence-electron chi connectivity index (χ3n) is 6.23. The molecule has 2 aromatic heterocycles. The number of fused-ring (bicyclic) bond motifs is 2. The number of imide groups is 1. The van der Waals surface area contributed by atoms with E-state index in [4.69, 9.17) is 0 Å². The Balaban J connectivity index is 1.33. The second-order valence-corrected chi connectivity index (χ2v) is 8.19. The van der Waals surface area contributed by atoms with Gasteiger partial charge in [-0.25, -0.2) is 4.68 Å². The highest BCUT2D eigenvalue weighted by atomic mass is 16.2. The van der Waals surface area contributed by atoms with E-state index >= 15 is 0 Å². The van der Waals surface area contributed by atoms with Gasteiger partial charge >= 0.3 is 0 Å². The molecular weight excluding hydrogens is 420 g/mol. The second-order valence-electron chi connectivity index (χ2n) is 8.19. The number of carbonyl (C=O) groups is 3. The van der Waals surface area contributed by atoms with E-state index in [1.807, 2.05) is 42.7 Å². The summed E-state index contributed by atoms with van der Waals surface area (Å²) < 4.78 is 1.66. The van der Waals surface area contributed by atoms with Gasteiger partial charge in [-0.1, -0.05) is 23.4 Å². The molecule has 2 aromatic carbocycles. The summed E-state index contributed by atoms with van der Waals surface area (Å²) in [6.07, 6.45) is 5.94. The van der Waals surface area contributed by atoms with Crippen molar-refractivity contribution >= 4 is 28.5 Å². The number of benzene rings is 2. The lowest BCUT2D eigenvalue weighted by Gasteiger charge is -2.29. The van der Waals surface area contributed by atoms with Gasteiger partial charge in [-0.05, 0) is 36.1 Å². The zero-order valence-electron chi connectivity index (χ0n) is 17.4. The van der Waals surface area contributed by atoms with Crippen LogP contribution in [0.5, 0.6) is 0 Å². The fraction of sp³-hybridized carbons (Fsp3) is 0.167. The second kappa shape index (κ2) is 7.33. The minimum atomic E-state index is -0.658. The molecule has 0 spiro atoms. The van der Waals surface area contributed by atoms with Crippen molar-refractivity contribution in [2.45, 2.75) is 25.4 Å². The van der Waals surface area contributed by atoms with E-state index < -0.39 is 11.9 Å². The van der Waals surface area contributed by atoms with Gasteiger partial charge in [0.15, 0.2) is 0 Å². The molecule has 1 N–H and O–H groups in total. The predicted molar refractivity (Wildman–Crippen MR) is 118 cm³/mol. The van der Waals surface area contributed by atoms with Crippen molar-refractivity contribution in [2.75, 3.05) is 0 Å². The van der Waals surface area contributed by atoms with E-state index in [1.165, 1.54) is 4.90 Å². The summed E-state index contributed by atoms with van der Waals surface area (Å²) in [7, 11) is 0. The number of nitrogens with one attached hydrogen (secondary N) is 1. The average Bonchev–Trinajstić information content (AvgIpc) is 3.44. The summed E-state index contributed by atoms with van der Waals surface area (Å²) in [4.78, 5) is 42.6. The summed E-state index contributed by atoms with van der Waals surface area (Å²) >= 11 is 0. The van der Waals surface area contributed by atoms with Crippen LogP contribution < -0.4 is 5.32 Å². The molecule has 162 valence electrons. The van der Waals surface area contributed by atoms with E-state index in [2.05, 4.69) is 20.6 Å². The molecule has 2 aliphatic rings. The van der Waals surface area contributed by atoms with Gasteiger partial charge in [-0.3, -0.25) is 24.7 Å². The van der Waals surface area contributed by atoms with Crippen LogP contribution in [-0.4, -0.2) is 48.6 Å². The molecule has 9 heteroatoms. The van der Waals surface area contributed by atoms with Crippen molar-refractivity contribution in [2.24, 2.45) is 0 Å². The highest BCUT2D eigenvalue weighted by Gasteiger charge is 2.40. The van der Waals surface area contributed by atoms with E-state index in [1.54, 1.807) is 23.0 Å². The SMILES string of the molecule is O=C1CCC(N2Cc3c(cccc3-n3cc(-c4ccc5cnccc5c4)nn3)C2=O)C(=O)N1. The molecule has 9 nitrogen and oxygen atoms in total. The largest absolute Gasteiger partial charge is 0.322 e. The molecule has 0 saturated carbocycles. The monoisotopic (exact) mass is 438 g/mol. The molecule has 33 heavy (non-hydrogen) atoms. The van der Waals surface area contributed by atoms with Gasteiger partial charge in [0.05, 0.1) is 11.9 Å². The average molecular weight is 438 g/mol. The summed E-state index contributed by atoms with van der Waals surface area (Å²) in [6, 6.07) is 12.7. The first-order chi connectivity index (χ1) is 16.1. The molecule has 2 aliphatic heterocycles. The fourth-order valence-corrected chi connectivity index (χ4v) is 4.54. The van der Waals surface area contributed by atoms with Crippen LogP contribution in [0.1, 0.15) is 28.8 Å². The molecule has 4 aromatic rings. The quantitative estimate of drug-likeness (QED) is 0.491. The number of rotatable bonds is 3. The maximum atomic E-state index is 13.1. The molecule has 1 fully saturated rings. The number of piperidine rings is 1. The summed E-state index contributed by atoms with van der Waals surface area (Å²) in [5, 5.41) is 13.1. The highest BCUT2D eigenvalue weighted by molar-refractivity contribution is 6.05. The van der Waals surface area contributed by atoms with Gasteiger partial charge < -0.3 is 4.90 Å². The van der Waals surface area contributed by atoms with Crippen molar-refractivity contribution in [3.05, 3.63) is 72.2 Å². The normalized spacial score (nSPS) is 18.0. The van der Waals surface area contributed by atoms with E-state index in [0.717, 1.165) is 27.6 Å². The Labute approximate surface area is 188 Å². The van der Waals surface area contributed by atoms with Crippen molar-refractivity contribution in [3.8, 4) is 16.9 Å². The zero-order chi connectivity index (χ0) is 22.5. The molecule has 1 saturated heterocycles. The summed E-state index contributed by atoms with van der Waals surface area (Å²) in [5.74, 6) is -0.950. The van der Waals surface area contributed by atoms with Crippen LogP contribution in [0.25, 0.3) is 27.7 Å². The smallest absolute Gasteiger partial charge is 0.255 e. The van der Waals surface area contributed by atoms with Crippen molar-refractivity contribution in [1.82, 2.24) is 30.2 Å². The Morgan fingerprint density at radius 2 is 1.94 bits per heavy atom. The third-order valence-corrected chi connectivity index (χ3v) is 6.23. The number of amides is 3. The first kappa shape index (κ1) is 19.3. The van der Waals surface area contributed by atoms with Gasteiger partial charge in [0.1, 0.15) is 11.7 Å². The Hall–Kier alpha value is -4.40. The first-order valence-electron chi connectivity index (χ1n) is 10.6. The third kappa shape index (κ3) is 3.16. The molecule has 0 aliphatic carbocycles. The number of nitrogens with zero attached hydrogens (tertiary/aromatic N) is 5. The maximum absolute atomic E-state index is 13.1. The number of hydrogen-bond acceptors (Lipinski definition) is 6. The van der Waals surface area contributed by atoms with Crippen LogP contribution >= 0.6 is 0 Å². The van der Waals surface area contributed by atoms with Gasteiger partial charge in [-0.2, -0.15) is 0 Å². The molecule has 1 atom stereocenters. The van der Waals surface area contributed by atoms with Gasteiger partial charge in [-0.15, -0.1) is 5.10 Å². The highest BCUT2D eigenvalue weighted by Crippen LogP contribution is 2.32. The first-order valence-corrected chi connectivity index (χ1v) is 10.6. The van der Waals surface area contributed by atoms with Gasteiger partial charge in [0.25, 0.3) is 5.91 Å². The standard InChI is InChI=1S/C24H18N6O3/c31-22-7-6-21(23(32)26-22)29-12-18-17(24(29)33)2-1-3-20(18)30-13-19(27-28-30)15-4-5-16-11-25-9-8-14(16)10-15/h1-5,8-11,13,21H,6-7,12H2,(H,26,31,32). The molecule has 3 amide bonds. The molecular formula is C24H18N6O3. The van der Waals surface area contributed by atoms with Crippen LogP contribution in [-0.2, 0) is 16.1 Å². The molecule has 0 radical (unpaired) electrons. The predicted octanol–water partition coefficient (Wildman–Crippen LogP) is 2.24. The van der Waals surface area contributed by atoms with Crippen LogP contribution in [0.3, 0.4) is 0 Å². The maximum Gasteiger partial charge on any atom is 0.255 e. The topological polar surface area (TPSA) is 110 Å².